The molecular formula is C35H48F3N3O14. The van der Waals surface area contributed by atoms with Crippen molar-refractivity contribution in [1.82, 2.24) is 5.32 Å². The van der Waals surface area contributed by atoms with Gasteiger partial charge in [-0.05, 0) is 76.1 Å². The maximum absolute atomic E-state index is 13.3. The first-order valence-corrected chi connectivity index (χ1v) is 17.7. The molecule has 1 aromatic rings. The number of nitrogens with one attached hydrogen (secondary N) is 1. The number of hydrogen-bond donors (Lipinski definition) is 3. The minimum Gasteiger partial charge on any atom is -0.489 e. The Morgan fingerprint density at radius 3 is 2.38 bits per heavy atom. The van der Waals surface area contributed by atoms with E-state index in [0.29, 0.717) is 19.3 Å². The molecule has 20 heteroatoms. The molecule has 308 valence electrons. The molecule has 17 nitrogen and oxygen atoms in total. The van der Waals surface area contributed by atoms with E-state index in [4.69, 9.17) is 14.2 Å². The maximum atomic E-state index is 13.3. The molecule has 2 rings (SSSR count). The lowest BCUT2D eigenvalue weighted by Crippen LogP contribution is -2.29. The van der Waals surface area contributed by atoms with Crippen molar-refractivity contribution in [2.24, 2.45) is 11.8 Å². The number of amides is 1. The van der Waals surface area contributed by atoms with Crippen molar-refractivity contribution in [2.45, 2.75) is 108 Å². The quantitative estimate of drug-likeness (QED) is 0.0408. The number of nitrogens with zero attached hydrogens (tertiary/aromatic N) is 2. The second-order valence-corrected chi connectivity index (χ2v) is 13.0. The molecule has 0 saturated heterocycles. The van der Waals surface area contributed by atoms with E-state index in [-0.39, 0.29) is 62.9 Å². The number of hydrogen-bond acceptors (Lipinski definition) is 14. The molecule has 3 N–H and O–H groups in total. The molecule has 1 fully saturated rings. The third kappa shape index (κ3) is 19.3. The van der Waals surface area contributed by atoms with Crippen LogP contribution in [0, 0.1) is 32.1 Å². The van der Waals surface area contributed by atoms with Gasteiger partial charge in [0.25, 0.3) is 10.2 Å². The topological polar surface area (TPSA) is 236 Å². The normalized spacial score (nSPS) is 19.6. The van der Waals surface area contributed by atoms with Crippen molar-refractivity contribution in [3.63, 3.8) is 0 Å². The largest absolute Gasteiger partial charge is 0.489 e. The summed E-state index contributed by atoms with van der Waals surface area (Å²) in [5.74, 6) is -2.82. The van der Waals surface area contributed by atoms with Crippen LogP contribution in [0.2, 0.25) is 0 Å². The molecule has 6 atom stereocenters. The van der Waals surface area contributed by atoms with E-state index in [1.807, 2.05) is 12.2 Å². The second-order valence-electron chi connectivity index (χ2n) is 13.0. The summed E-state index contributed by atoms with van der Waals surface area (Å²) in [6.45, 7) is 2.20. The van der Waals surface area contributed by atoms with Crippen LogP contribution >= 0.6 is 0 Å². The predicted octanol–water partition coefficient (Wildman–Crippen LogP) is 4.44. The van der Waals surface area contributed by atoms with E-state index in [2.05, 4.69) is 15.0 Å². The standard InChI is InChI=1S/C35H48F3N3O14/c1-23(2)53-33(45)14-6-4-3-5-12-28-29(31(43)20-30(28)42)16-15-26(21-51-25-10-7-9-24(19-25)35(36,37)38)54-34(46)17-18-39-32(44)13-8-11-27(55-41(49)50)22-52-40(47)48/h3,5,7,9-10,15-16,19,23,26-31,42-43H,4,6,8,11-14,17-18,20-22H2,1-2H3,(H,39,44)/b5-3-,16-15+/t26-,27+,28-,29-,30+,31-/m1/s1. The average Bonchev–Trinajstić information content (AvgIpc) is 3.36. The molecule has 0 bridgehead atoms. The monoisotopic (exact) mass is 791 g/mol. The smallest absolute Gasteiger partial charge is 0.416 e. The molecule has 0 heterocycles. The number of aliphatic hydroxyl groups is 2. The van der Waals surface area contributed by atoms with Crippen LogP contribution in [-0.4, -0.2) is 88.5 Å². The van der Waals surface area contributed by atoms with Gasteiger partial charge in [-0.3, -0.25) is 14.4 Å². The Morgan fingerprint density at radius 2 is 1.71 bits per heavy atom. The lowest BCUT2D eigenvalue weighted by Gasteiger charge is -2.21. The number of allylic oxidation sites excluding steroid dienone is 2. The lowest BCUT2D eigenvalue weighted by molar-refractivity contribution is -0.790. The van der Waals surface area contributed by atoms with E-state index in [1.54, 1.807) is 19.9 Å². The highest BCUT2D eigenvalue weighted by molar-refractivity contribution is 5.77. The number of rotatable bonds is 25. The van der Waals surface area contributed by atoms with Gasteiger partial charge < -0.3 is 39.4 Å². The highest BCUT2D eigenvalue weighted by atomic mass is 19.4. The summed E-state index contributed by atoms with van der Waals surface area (Å²) in [4.78, 5) is 66.1. The van der Waals surface area contributed by atoms with Crippen LogP contribution in [0.4, 0.5) is 13.2 Å². The zero-order valence-electron chi connectivity index (χ0n) is 30.5. The molecule has 1 amide bonds. The highest BCUT2D eigenvalue weighted by Crippen LogP contribution is 2.36. The highest BCUT2D eigenvalue weighted by Gasteiger charge is 2.39. The van der Waals surface area contributed by atoms with Crippen LogP contribution in [-0.2, 0) is 39.7 Å². The van der Waals surface area contributed by atoms with E-state index in [1.165, 1.54) is 12.1 Å². The maximum Gasteiger partial charge on any atom is 0.416 e. The third-order valence-electron chi connectivity index (χ3n) is 8.20. The first-order chi connectivity index (χ1) is 25.9. The molecular weight excluding hydrogens is 743 g/mol. The Kier molecular flexibility index (Phi) is 19.9. The molecule has 1 aliphatic carbocycles. The first-order valence-electron chi connectivity index (χ1n) is 17.7. The van der Waals surface area contributed by atoms with Gasteiger partial charge >= 0.3 is 18.1 Å². The number of ether oxygens (including phenoxy) is 3. The lowest BCUT2D eigenvalue weighted by atomic mass is 9.89. The number of aliphatic hydroxyl groups excluding tert-OH is 2. The van der Waals surface area contributed by atoms with Crippen molar-refractivity contribution >= 4 is 17.8 Å². The molecule has 0 unspecified atom stereocenters. The molecule has 1 aliphatic rings. The Balaban J connectivity index is 2.01. The van der Waals surface area contributed by atoms with Gasteiger partial charge in [0.2, 0.25) is 5.91 Å². The van der Waals surface area contributed by atoms with Crippen LogP contribution in [0.3, 0.4) is 0 Å². The molecule has 0 radical (unpaired) electrons. The summed E-state index contributed by atoms with van der Waals surface area (Å²) < 4.78 is 55.9. The Hall–Kier alpha value is -4.98. The van der Waals surface area contributed by atoms with Gasteiger partial charge in [-0.15, -0.1) is 20.2 Å². The minimum atomic E-state index is -4.63. The fourth-order valence-corrected chi connectivity index (χ4v) is 5.63. The van der Waals surface area contributed by atoms with Gasteiger partial charge in [-0.2, -0.15) is 13.2 Å². The predicted molar refractivity (Wildman–Crippen MR) is 185 cm³/mol. The van der Waals surface area contributed by atoms with Crippen molar-refractivity contribution in [3.8, 4) is 5.75 Å². The second kappa shape index (κ2) is 23.7. The summed E-state index contributed by atoms with van der Waals surface area (Å²) in [7, 11) is 0. The molecule has 0 spiro atoms. The van der Waals surface area contributed by atoms with Gasteiger partial charge in [0, 0.05) is 31.7 Å². The molecule has 0 aromatic heterocycles. The minimum absolute atomic E-state index is 0.0307. The van der Waals surface area contributed by atoms with Crippen molar-refractivity contribution in [3.05, 3.63) is 74.4 Å². The van der Waals surface area contributed by atoms with E-state index >= 15 is 0 Å². The summed E-state index contributed by atoms with van der Waals surface area (Å²) >= 11 is 0. The molecule has 55 heavy (non-hydrogen) atoms. The van der Waals surface area contributed by atoms with Gasteiger partial charge in [-0.25, -0.2) is 0 Å². The molecule has 1 saturated carbocycles. The van der Waals surface area contributed by atoms with Crippen molar-refractivity contribution in [1.29, 1.82) is 0 Å². The average molecular weight is 792 g/mol. The number of unbranched alkanes of at least 4 members (excludes halogenated alkanes) is 1. The Morgan fingerprint density at radius 1 is 0.982 bits per heavy atom. The number of carbonyl (C=O) groups excluding carboxylic acids is 3. The number of alkyl halides is 3. The SMILES string of the molecule is CC(C)OC(=O)CCC/C=C\C[C@@H]1[C@@H](/C=C/[C@H](COc2cccc(C(F)(F)F)c2)OC(=O)CCNC(=O)CCC[C@@H](CO[N+](=O)[O-])O[N+](=O)[O-])[C@H](O)C[C@@H]1O. The van der Waals surface area contributed by atoms with Crippen LogP contribution in [0.25, 0.3) is 0 Å². The summed E-state index contributed by atoms with van der Waals surface area (Å²) in [6.07, 6.45) is -1.14. The molecule has 0 aliphatic heterocycles. The number of benzene rings is 1. The van der Waals surface area contributed by atoms with Crippen molar-refractivity contribution < 1.29 is 71.8 Å². The zero-order chi connectivity index (χ0) is 41.0. The fraction of sp³-hybridized carbons (Fsp3) is 0.629. The number of esters is 2. The summed E-state index contributed by atoms with van der Waals surface area (Å²) in [5, 5.41) is 42.5. The van der Waals surface area contributed by atoms with Gasteiger partial charge in [0.15, 0.2) is 6.10 Å². The molecule has 1 aromatic carbocycles. The van der Waals surface area contributed by atoms with Gasteiger partial charge in [0.05, 0.1) is 30.3 Å². The fourth-order valence-electron chi connectivity index (χ4n) is 5.63. The number of halogens is 3. The van der Waals surface area contributed by atoms with Gasteiger partial charge in [-0.1, -0.05) is 24.3 Å². The van der Waals surface area contributed by atoms with Crippen LogP contribution < -0.4 is 10.1 Å². The van der Waals surface area contributed by atoms with Crippen LogP contribution in [0.1, 0.15) is 77.2 Å². The first kappa shape index (κ1) is 46.2. The number of carbonyl (C=O) groups is 3. The summed E-state index contributed by atoms with van der Waals surface area (Å²) in [6, 6.07) is 4.09. The van der Waals surface area contributed by atoms with Crippen LogP contribution in [0.5, 0.6) is 5.75 Å². The van der Waals surface area contributed by atoms with Crippen LogP contribution in [0.15, 0.2) is 48.6 Å². The third-order valence-corrected chi connectivity index (χ3v) is 8.20. The van der Waals surface area contributed by atoms with E-state index < -0.39 is 83.3 Å². The Labute approximate surface area is 315 Å². The Bertz CT molecular complexity index is 1460. The van der Waals surface area contributed by atoms with Crippen molar-refractivity contribution in [2.75, 3.05) is 19.8 Å². The van der Waals surface area contributed by atoms with Gasteiger partial charge in [0.1, 0.15) is 25.1 Å². The summed E-state index contributed by atoms with van der Waals surface area (Å²) in [5.41, 5.74) is -0.954. The zero-order valence-corrected chi connectivity index (χ0v) is 30.5. The van der Waals surface area contributed by atoms with E-state index in [9.17, 15) is 58.0 Å². The van der Waals surface area contributed by atoms with E-state index in [0.717, 1.165) is 18.2 Å².